The Hall–Kier alpha value is -3.07. The highest BCUT2D eigenvalue weighted by molar-refractivity contribution is 6.07. The minimum absolute atomic E-state index is 0.0830. The van der Waals surface area contributed by atoms with E-state index in [4.69, 9.17) is 9.72 Å². The highest BCUT2D eigenvalue weighted by atomic mass is 16.5. The minimum atomic E-state index is -0.620. The molecule has 0 aromatic carbocycles. The summed E-state index contributed by atoms with van der Waals surface area (Å²) in [5, 5.41) is 7.46. The number of aryl methyl sites for hydroxylation is 1. The zero-order chi connectivity index (χ0) is 19.3. The fourth-order valence-corrected chi connectivity index (χ4v) is 4.17. The SMILES string of the molecule is Cc1cc2ncnn2cc1Nc1ncc2c(n1)C1(CCCOCC1)C(=O)N2C. The van der Waals surface area contributed by atoms with Gasteiger partial charge in [-0.25, -0.2) is 19.5 Å². The van der Waals surface area contributed by atoms with Crippen LogP contribution < -0.4 is 10.2 Å². The van der Waals surface area contributed by atoms with Crippen LogP contribution in [0.4, 0.5) is 17.3 Å². The second kappa shape index (κ2) is 6.23. The zero-order valence-electron chi connectivity index (χ0n) is 15.8. The number of amides is 1. The highest BCUT2D eigenvalue weighted by Crippen LogP contribution is 2.46. The van der Waals surface area contributed by atoms with Crippen LogP contribution in [0.5, 0.6) is 0 Å². The molecular formula is C19H21N7O2. The van der Waals surface area contributed by atoms with E-state index in [-0.39, 0.29) is 5.91 Å². The summed E-state index contributed by atoms with van der Waals surface area (Å²) in [6.07, 6.45) is 7.33. The summed E-state index contributed by atoms with van der Waals surface area (Å²) >= 11 is 0. The summed E-state index contributed by atoms with van der Waals surface area (Å²) in [6.45, 7) is 3.24. The maximum Gasteiger partial charge on any atom is 0.239 e. The van der Waals surface area contributed by atoms with Gasteiger partial charge in [0.15, 0.2) is 5.65 Å². The van der Waals surface area contributed by atoms with Crippen molar-refractivity contribution in [1.29, 1.82) is 0 Å². The van der Waals surface area contributed by atoms with Gasteiger partial charge in [0, 0.05) is 20.3 Å². The van der Waals surface area contributed by atoms with Gasteiger partial charge in [0.1, 0.15) is 6.33 Å². The molecule has 2 aliphatic heterocycles. The number of likely N-dealkylation sites (N-methyl/N-ethyl adjacent to an activating group) is 1. The van der Waals surface area contributed by atoms with Gasteiger partial charge < -0.3 is 15.0 Å². The summed E-state index contributed by atoms with van der Waals surface area (Å²) in [6, 6.07) is 1.95. The third-order valence-electron chi connectivity index (χ3n) is 5.73. The lowest BCUT2D eigenvalue weighted by atomic mass is 9.78. The quantitative estimate of drug-likeness (QED) is 0.727. The summed E-state index contributed by atoms with van der Waals surface area (Å²) < 4.78 is 7.31. The average Bonchev–Trinajstić information content (AvgIpc) is 3.09. The molecule has 0 aliphatic carbocycles. The number of hydrogen-bond acceptors (Lipinski definition) is 7. The van der Waals surface area contributed by atoms with Crippen molar-refractivity contribution in [2.24, 2.45) is 0 Å². The number of pyridine rings is 1. The molecule has 1 spiro atoms. The van der Waals surface area contributed by atoms with Crippen LogP contribution in [0.3, 0.4) is 0 Å². The van der Waals surface area contributed by atoms with E-state index in [0.717, 1.165) is 41.1 Å². The van der Waals surface area contributed by atoms with E-state index in [1.54, 1.807) is 22.7 Å². The molecule has 144 valence electrons. The zero-order valence-corrected chi connectivity index (χ0v) is 15.8. The third kappa shape index (κ3) is 2.46. The molecule has 28 heavy (non-hydrogen) atoms. The molecule has 0 radical (unpaired) electrons. The van der Waals surface area contributed by atoms with E-state index >= 15 is 0 Å². The first-order valence-corrected chi connectivity index (χ1v) is 9.39. The first-order valence-electron chi connectivity index (χ1n) is 9.39. The number of carbonyl (C=O) groups is 1. The van der Waals surface area contributed by atoms with Crippen LogP contribution in [-0.4, -0.2) is 50.7 Å². The maximum atomic E-state index is 13.1. The Kier molecular flexibility index (Phi) is 3.80. The van der Waals surface area contributed by atoms with Gasteiger partial charge in [0.05, 0.1) is 34.9 Å². The predicted octanol–water partition coefficient (Wildman–Crippen LogP) is 1.99. The molecule has 3 aromatic rings. The monoisotopic (exact) mass is 379 g/mol. The van der Waals surface area contributed by atoms with E-state index < -0.39 is 5.41 Å². The third-order valence-corrected chi connectivity index (χ3v) is 5.73. The van der Waals surface area contributed by atoms with E-state index in [1.165, 1.54) is 6.33 Å². The van der Waals surface area contributed by atoms with Gasteiger partial charge in [0.25, 0.3) is 0 Å². The lowest BCUT2D eigenvalue weighted by molar-refractivity contribution is -0.123. The minimum Gasteiger partial charge on any atom is -0.381 e. The molecule has 5 heterocycles. The Morgan fingerprint density at radius 3 is 3.04 bits per heavy atom. The molecule has 9 nitrogen and oxygen atoms in total. The molecular weight excluding hydrogens is 358 g/mol. The Balaban J connectivity index is 1.55. The van der Waals surface area contributed by atoms with Crippen LogP contribution in [0.15, 0.2) is 24.8 Å². The molecule has 1 atom stereocenters. The number of ether oxygens (including phenoxy) is 1. The highest BCUT2D eigenvalue weighted by Gasteiger charge is 2.51. The number of anilines is 3. The van der Waals surface area contributed by atoms with Crippen LogP contribution in [0, 0.1) is 6.92 Å². The smallest absolute Gasteiger partial charge is 0.239 e. The first kappa shape index (κ1) is 17.1. The number of rotatable bonds is 2. The van der Waals surface area contributed by atoms with Gasteiger partial charge in [-0.05, 0) is 37.8 Å². The molecule has 5 rings (SSSR count). The molecule has 0 saturated carbocycles. The Morgan fingerprint density at radius 2 is 2.14 bits per heavy atom. The first-order chi connectivity index (χ1) is 13.6. The van der Waals surface area contributed by atoms with Gasteiger partial charge in [-0.1, -0.05) is 0 Å². The molecule has 1 amide bonds. The van der Waals surface area contributed by atoms with E-state index in [1.807, 2.05) is 19.2 Å². The van der Waals surface area contributed by atoms with Crippen LogP contribution in [0.2, 0.25) is 0 Å². The second-order valence-electron chi connectivity index (χ2n) is 7.40. The standard InChI is InChI=1S/C19H21N7O2/c1-12-8-15-21-11-22-26(15)10-13(12)23-18-20-9-14-16(24-18)19(17(27)25(14)2)4-3-6-28-7-5-19/h8-11H,3-7H2,1-2H3,(H,20,23,24). The Labute approximate surface area is 161 Å². The average molecular weight is 379 g/mol. The van der Waals surface area contributed by atoms with Crippen molar-refractivity contribution in [1.82, 2.24) is 24.6 Å². The molecule has 1 saturated heterocycles. The normalized spacial score (nSPS) is 21.9. The van der Waals surface area contributed by atoms with Crippen molar-refractivity contribution < 1.29 is 9.53 Å². The number of aromatic nitrogens is 5. The molecule has 1 N–H and O–H groups in total. The Bertz CT molecular complexity index is 1070. The second-order valence-corrected chi connectivity index (χ2v) is 7.40. The van der Waals surface area contributed by atoms with Crippen LogP contribution in [0.25, 0.3) is 5.65 Å². The fourth-order valence-electron chi connectivity index (χ4n) is 4.17. The predicted molar refractivity (Wildman–Crippen MR) is 103 cm³/mol. The molecule has 9 heteroatoms. The van der Waals surface area contributed by atoms with Gasteiger partial charge in [-0.3, -0.25) is 4.79 Å². The molecule has 0 bridgehead atoms. The number of carbonyl (C=O) groups excluding carboxylic acids is 1. The molecule has 2 aliphatic rings. The van der Waals surface area contributed by atoms with Crippen LogP contribution in [0.1, 0.15) is 30.5 Å². The van der Waals surface area contributed by atoms with Crippen LogP contribution >= 0.6 is 0 Å². The lowest BCUT2D eigenvalue weighted by Crippen LogP contribution is -2.39. The summed E-state index contributed by atoms with van der Waals surface area (Å²) in [4.78, 5) is 28.2. The number of hydrogen-bond donors (Lipinski definition) is 1. The molecule has 3 aromatic heterocycles. The van der Waals surface area contributed by atoms with E-state index in [2.05, 4.69) is 20.4 Å². The van der Waals surface area contributed by atoms with Gasteiger partial charge >= 0.3 is 0 Å². The number of nitrogens with zero attached hydrogens (tertiary/aromatic N) is 6. The van der Waals surface area contributed by atoms with Gasteiger partial charge in [0.2, 0.25) is 11.9 Å². The van der Waals surface area contributed by atoms with Gasteiger partial charge in [-0.15, -0.1) is 0 Å². The van der Waals surface area contributed by atoms with Gasteiger partial charge in [-0.2, -0.15) is 5.10 Å². The van der Waals surface area contributed by atoms with Crippen molar-refractivity contribution in [2.45, 2.75) is 31.6 Å². The van der Waals surface area contributed by atoms with Crippen molar-refractivity contribution in [3.8, 4) is 0 Å². The maximum absolute atomic E-state index is 13.1. The largest absolute Gasteiger partial charge is 0.381 e. The lowest BCUT2D eigenvalue weighted by Gasteiger charge is -2.24. The molecule has 1 unspecified atom stereocenters. The fraction of sp³-hybridized carbons (Fsp3) is 0.421. The summed E-state index contributed by atoms with van der Waals surface area (Å²) in [5.41, 5.74) is 3.58. The van der Waals surface area contributed by atoms with E-state index in [9.17, 15) is 4.79 Å². The van der Waals surface area contributed by atoms with Crippen molar-refractivity contribution in [3.05, 3.63) is 36.0 Å². The van der Waals surface area contributed by atoms with E-state index in [0.29, 0.717) is 25.6 Å². The Morgan fingerprint density at radius 1 is 1.25 bits per heavy atom. The number of nitrogens with one attached hydrogen (secondary N) is 1. The van der Waals surface area contributed by atoms with Crippen molar-refractivity contribution >= 4 is 28.9 Å². The summed E-state index contributed by atoms with van der Waals surface area (Å²) in [5.74, 6) is 0.550. The van der Waals surface area contributed by atoms with Crippen LogP contribution in [-0.2, 0) is 14.9 Å². The summed E-state index contributed by atoms with van der Waals surface area (Å²) in [7, 11) is 1.79. The number of fused-ring (bicyclic) bond motifs is 3. The molecule has 1 fully saturated rings. The topological polar surface area (TPSA) is 97.5 Å². The van der Waals surface area contributed by atoms with Crippen molar-refractivity contribution in [2.75, 3.05) is 30.5 Å². The van der Waals surface area contributed by atoms with Crippen molar-refractivity contribution in [3.63, 3.8) is 0 Å².